The molecule has 7 nitrogen and oxygen atoms in total. The lowest BCUT2D eigenvalue weighted by molar-refractivity contribution is -0.143. The number of nitrogens with zero attached hydrogens (tertiary/aromatic N) is 3. The predicted octanol–water partition coefficient (Wildman–Crippen LogP) is 1.28. The second-order valence-corrected chi connectivity index (χ2v) is 7.67. The molecule has 1 fully saturated rings. The van der Waals surface area contributed by atoms with E-state index >= 15 is 0 Å². The Labute approximate surface area is 175 Å². The fraction of sp³-hybridized carbons (Fsp3) is 0.600. The third kappa shape index (κ3) is 8.58. The molecular formula is C20H31F3N6O. The lowest BCUT2D eigenvalue weighted by Crippen LogP contribution is -2.44. The monoisotopic (exact) mass is 428 g/mol. The minimum atomic E-state index is -4.18. The average molecular weight is 429 g/mol. The quantitative estimate of drug-likeness (QED) is 0.430. The van der Waals surface area contributed by atoms with E-state index in [-0.39, 0.29) is 11.9 Å². The summed E-state index contributed by atoms with van der Waals surface area (Å²) in [5.74, 6) is 0.395. The van der Waals surface area contributed by atoms with Gasteiger partial charge in [-0.15, -0.1) is 0 Å². The highest BCUT2D eigenvalue weighted by molar-refractivity contribution is 5.94. The fourth-order valence-electron chi connectivity index (χ4n) is 3.24. The molecule has 1 aliphatic heterocycles. The minimum absolute atomic E-state index is 0.0904. The van der Waals surface area contributed by atoms with Gasteiger partial charge in [-0.05, 0) is 38.2 Å². The number of hydrogen-bond donors (Lipinski definition) is 3. The van der Waals surface area contributed by atoms with Crippen molar-refractivity contribution in [2.75, 3.05) is 53.9 Å². The van der Waals surface area contributed by atoms with Gasteiger partial charge in [0.1, 0.15) is 0 Å². The van der Waals surface area contributed by atoms with Gasteiger partial charge < -0.3 is 20.9 Å². The molecule has 1 heterocycles. The Morgan fingerprint density at radius 1 is 1.30 bits per heavy atom. The molecule has 0 radical (unpaired) electrons. The Morgan fingerprint density at radius 2 is 2.07 bits per heavy atom. The van der Waals surface area contributed by atoms with E-state index in [1.165, 1.54) is 4.90 Å². The first-order valence-corrected chi connectivity index (χ1v) is 9.94. The molecule has 0 bridgehead atoms. The zero-order chi connectivity index (χ0) is 22.1. The SMILES string of the molecule is CN=C(NCc1cccc(C(=O)NCCN(C)C)c1)NC1CCN(CC(F)(F)F)C1. The van der Waals surface area contributed by atoms with Crippen LogP contribution in [-0.2, 0) is 6.54 Å². The van der Waals surface area contributed by atoms with Crippen LogP contribution < -0.4 is 16.0 Å². The van der Waals surface area contributed by atoms with Crippen molar-refractivity contribution in [3.05, 3.63) is 35.4 Å². The summed E-state index contributed by atoms with van der Waals surface area (Å²) in [6.45, 7) is 1.61. The van der Waals surface area contributed by atoms with Crippen molar-refractivity contribution in [2.24, 2.45) is 4.99 Å². The molecule has 1 saturated heterocycles. The van der Waals surface area contributed by atoms with Crippen LogP contribution in [0.3, 0.4) is 0 Å². The Hall–Kier alpha value is -2.33. The first-order valence-electron chi connectivity index (χ1n) is 9.94. The largest absolute Gasteiger partial charge is 0.401 e. The normalized spacial score (nSPS) is 18.0. The maximum Gasteiger partial charge on any atom is 0.401 e. The molecular weight excluding hydrogens is 397 g/mol. The fourth-order valence-corrected chi connectivity index (χ4v) is 3.24. The number of aliphatic imine (C=N–C) groups is 1. The Bertz CT molecular complexity index is 723. The van der Waals surface area contributed by atoms with Crippen LogP contribution in [0.2, 0.25) is 0 Å². The highest BCUT2D eigenvalue weighted by atomic mass is 19.4. The van der Waals surface area contributed by atoms with Gasteiger partial charge in [0.2, 0.25) is 0 Å². The molecule has 0 spiro atoms. The topological polar surface area (TPSA) is 72.0 Å². The molecule has 2 rings (SSSR count). The zero-order valence-corrected chi connectivity index (χ0v) is 17.7. The van der Waals surface area contributed by atoms with Crippen molar-refractivity contribution in [2.45, 2.75) is 25.2 Å². The van der Waals surface area contributed by atoms with E-state index in [4.69, 9.17) is 0 Å². The number of likely N-dealkylation sites (tertiary alicyclic amines) is 1. The van der Waals surface area contributed by atoms with E-state index in [1.807, 2.05) is 37.2 Å². The third-order valence-corrected chi connectivity index (χ3v) is 4.73. The van der Waals surface area contributed by atoms with E-state index in [1.54, 1.807) is 13.1 Å². The molecule has 168 valence electrons. The summed E-state index contributed by atoms with van der Waals surface area (Å²) in [4.78, 5) is 19.8. The molecule has 1 amide bonds. The summed E-state index contributed by atoms with van der Waals surface area (Å²) in [5.41, 5.74) is 1.48. The van der Waals surface area contributed by atoms with Gasteiger partial charge in [-0.3, -0.25) is 14.7 Å². The standard InChI is InChI=1S/C20H31F3N6O/c1-24-19(27-17-7-9-29(13-17)14-20(21,22)23)26-12-15-5-4-6-16(11-15)18(30)25-8-10-28(2)3/h4-6,11,17H,7-10,12-14H2,1-3H3,(H,25,30)(H2,24,26,27). The van der Waals surface area contributed by atoms with Gasteiger partial charge in [0.05, 0.1) is 6.54 Å². The third-order valence-electron chi connectivity index (χ3n) is 4.73. The van der Waals surface area contributed by atoms with Crippen molar-refractivity contribution in [1.82, 2.24) is 25.8 Å². The molecule has 0 saturated carbocycles. The molecule has 0 aliphatic carbocycles. The Kier molecular flexibility index (Phi) is 8.91. The number of carbonyl (C=O) groups is 1. The predicted molar refractivity (Wildman–Crippen MR) is 112 cm³/mol. The summed E-state index contributed by atoms with van der Waals surface area (Å²) in [7, 11) is 5.50. The summed E-state index contributed by atoms with van der Waals surface area (Å²) >= 11 is 0. The average Bonchev–Trinajstić information content (AvgIpc) is 3.09. The maximum atomic E-state index is 12.5. The second kappa shape index (κ2) is 11.2. The van der Waals surface area contributed by atoms with Gasteiger partial charge in [-0.25, -0.2) is 0 Å². The van der Waals surface area contributed by atoms with E-state index in [9.17, 15) is 18.0 Å². The smallest absolute Gasteiger partial charge is 0.352 e. The van der Waals surface area contributed by atoms with E-state index in [2.05, 4.69) is 20.9 Å². The molecule has 10 heteroatoms. The number of likely N-dealkylation sites (N-methyl/N-ethyl adjacent to an activating group) is 1. The first-order chi connectivity index (χ1) is 14.2. The van der Waals surface area contributed by atoms with Crippen LogP contribution in [-0.4, -0.2) is 87.8 Å². The summed E-state index contributed by atoms with van der Waals surface area (Å²) < 4.78 is 37.6. The number of alkyl halides is 3. The number of amides is 1. The van der Waals surface area contributed by atoms with Gasteiger partial charge in [0, 0.05) is 51.4 Å². The highest BCUT2D eigenvalue weighted by Gasteiger charge is 2.34. The zero-order valence-electron chi connectivity index (χ0n) is 17.7. The Balaban J connectivity index is 1.82. The van der Waals surface area contributed by atoms with Crippen molar-refractivity contribution >= 4 is 11.9 Å². The number of rotatable bonds is 8. The first kappa shape index (κ1) is 23.9. The highest BCUT2D eigenvalue weighted by Crippen LogP contribution is 2.19. The summed E-state index contributed by atoms with van der Waals surface area (Å²) in [5, 5.41) is 9.21. The number of nitrogens with one attached hydrogen (secondary N) is 3. The van der Waals surface area contributed by atoms with Gasteiger partial charge in [-0.1, -0.05) is 12.1 Å². The van der Waals surface area contributed by atoms with Crippen LogP contribution in [0.1, 0.15) is 22.3 Å². The van der Waals surface area contributed by atoms with Crippen molar-refractivity contribution in [1.29, 1.82) is 0 Å². The second-order valence-electron chi connectivity index (χ2n) is 7.67. The molecule has 1 aliphatic rings. The van der Waals surface area contributed by atoms with Crippen LogP contribution in [0.25, 0.3) is 0 Å². The van der Waals surface area contributed by atoms with Gasteiger partial charge in [0.25, 0.3) is 5.91 Å². The minimum Gasteiger partial charge on any atom is -0.352 e. The molecule has 1 aromatic rings. The number of carbonyl (C=O) groups excluding carboxylic acids is 1. The molecule has 1 atom stereocenters. The van der Waals surface area contributed by atoms with Crippen LogP contribution >= 0.6 is 0 Å². The van der Waals surface area contributed by atoms with Crippen LogP contribution in [0.5, 0.6) is 0 Å². The number of hydrogen-bond acceptors (Lipinski definition) is 4. The van der Waals surface area contributed by atoms with Gasteiger partial charge in [-0.2, -0.15) is 13.2 Å². The molecule has 0 aromatic heterocycles. The van der Waals surface area contributed by atoms with E-state index in [0.717, 1.165) is 12.1 Å². The van der Waals surface area contributed by atoms with E-state index < -0.39 is 12.7 Å². The van der Waals surface area contributed by atoms with Crippen molar-refractivity contribution in [3.63, 3.8) is 0 Å². The molecule has 1 unspecified atom stereocenters. The van der Waals surface area contributed by atoms with Crippen LogP contribution in [0, 0.1) is 0 Å². The molecule has 3 N–H and O–H groups in total. The molecule has 1 aromatic carbocycles. The number of benzene rings is 1. The summed E-state index contributed by atoms with van der Waals surface area (Å²) in [6.07, 6.45) is -3.56. The number of guanidine groups is 1. The van der Waals surface area contributed by atoms with Crippen molar-refractivity contribution in [3.8, 4) is 0 Å². The maximum absolute atomic E-state index is 12.5. The van der Waals surface area contributed by atoms with Crippen LogP contribution in [0.4, 0.5) is 13.2 Å². The summed E-state index contributed by atoms with van der Waals surface area (Å²) in [6, 6.07) is 7.20. The van der Waals surface area contributed by atoms with Crippen LogP contribution in [0.15, 0.2) is 29.3 Å². The van der Waals surface area contributed by atoms with Crippen molar-refractivity contribution < 1.29 is 18.0 Å². The molecule has 30 heavy (non-hydrogen) atoms. The van der Waals surface area contributed by atoms with E-state index in [0.29, 0.717) is 44.1 Å². The lowest BCUT2D eigenvalue weighted by atomic mass is 10.1. The lowest BCUT2D eigenvalue weighted by Gasteiger charge is -2.20. The number of halogens is 3. The Morgan fingerprint density at radius 3 is 2.73 bits per heavy atom. The van der Waals surface area contributed by atoms with Gasteiger partial charge >= 0.3 is 6.18 Å². The van der Waals surface area contributed by atoms with Gasteiger partial charge in [0.15, 0.2) is 5.96 Å².